The van der Waals surface area contributed by atoms with Gasteiger partial charge in [0.05, 0.1) is 14.2 Å². The van der Waals surface area contributed by atoms with Crippen molar-refractivity contribution in [1.82, 2.24) is 5.32 Å². The van der Waals surface area contributed by atoms with Crippen LogP contribution in [0, 0.1) is 11.3 Å². The summed E-state index contributed by atoms with van der Waals surface area (Å²) >= 11 is 0. The summed E-state index contributed by atoms with van der Waals surface area (Å²) in [5, 5.41) is 3.56. The van der Waals surface area contributed by atoms with Crippen molar-refractivity contribution < 1.29 is 9.47 Å². The largest absolute Gasteiger partial charge is 0.493 e. The normalized spacial score (nSPS) is 11.8. The predicted octanol–water partition coefficient (Wildman–Crippen LogP) is 3.91. The first kappa shape index (κ1) is 17.8. The minimum atomic E-state index is 0.294. The van der Waals surface area contributed by atoms with Gasteiger partial charge in [0.25, 0.3) is 0 Å². The number of methoxy groups -OCH3 is 2. The van der Waals surface area contributed by atoms with Gasteiger partial charge in [0.15, 0.2) is 11.5 Å². The fourth-order valence-corrected chi connectivity index (χ4v) is 2.31. The van der Waals surface area contributed by atoms with Crippen LogP contribution in [0.1, 0.15) is 39.7 Å². The molecule has 0 saturated heterocycles. The number of aryl methyl sites for hydroxylation is 1. The highest BCUT2D eigenvalue weighted by atomic mass is 16.5. The molecular formula is C18H31NO2. The third-order valence-corrected chi connectivity index (χ3v) is 3.69. The summed E-state index contributed by atoms with van der Waals surface area (Å²) < 4.78 is 10.6. The molecule has 1 N–H and O–H groups in total. The molecule has 1 rings (SSSR count). The zero-order valence-corrected chi connectivity index (χ0v) is 14.5. The van der Waals surface area contributed by atoms with Crippen molar-refractivity contribution in [2.45, 2.75) is 40.5 Å². The van der Waals surface area contributed by atoms with E-state index >= 15 is 0 Å². The van der Waals surface area contributed by atoms with E-state index in [4.69, 9.17) is 9.47 Å². The molecule has 0 atom stereocenters. The number of benzene rings is 1. The molecule has 21 heavy (non-hydrogen) atoms. The third kappa shape index (κ3) is 6.38. The number of hydrogen-bond acceptors (Lipinski definition) is 3. The van der Waals surface area contributed by atoms with Crippen molar-refractivity contribution in [1.29, 1.82) is 0 Å². The Kier molecular flexibility index (Phi) is 7.03. The van der Waals surface area contributed by atoms with Gasteiger partial charge < -0.3 is 14.8 Å². The average molecular weight is 293 g/mol. The van der Waals surface area contributed by atoms with E-state index < -0.39 is 0 Å². The second-order valence-electron chi connectivity index (χ2n) is 6.88. The lowest BCUT2D eigenvalue weighted by Crippen LogP contribution is -2.32. The van der Waals surface area contributed by atoms with E-state index in [9.17, 15) is 0 Å². The molecule has 0 aliphatic heterocycles. The topological polar surface area (TPSA) is 30.5 Å². The summed E-state index contributed by atoms with van der Waals surface area (Å²) in [4.78, 5) is 0. The molecule has 0 heterocycles. The molecule has 1 aromatic rings. The van der Waals surface area contributed by atoms with Crippen molar-refractivity contribution >= 4 is 0 Å². The van der Waals surface area contributed by atoms with Gasteiger partial charge in [0, 0.05) is 6.54 Å². The van der Waals surface area contributed by atoms with E-state index in [0.717, 1.165) is 37.4 Å². The first-order chi connectivity index (χ1) is 9.88. The molecule has 1 aromatic carbocycles. The molecular weight excluding hydrogens is 262 g/mol. The monoisotopic (exact) mass is 293 g/mol. The smallest absolute Gasteiger partial charge is 0.160 e. The summed E-state index contributed by atoms with van der Waals surface area (Å²) in [5.41, 5.74) is 1.59. The van der Waals surface area contributed by atoms with Crippen LogP contribution in [0.5, 0.6) is 11.5 Å². The van der Waals surface area contributed by atoms with Crippen LogP contribution in [0.25, 0.3) is 0 Å². The van der Waals surface area contributed by atoms with Crippen LogP contribution in [-0.2, 0) is 6.42 Å². The van der Waals surface area contributed by atoms with Crippen LogP contribution in [0.2, 0.25) is 0 Å². The van der Waals surface area contributed by atoms with E-state index in [1.54, 1.807) is 14.2 Å². The van der Waals surface area contributed by atoms with Crippen LogP contribution in [0.15, 0.2) is 18.2 Å². The van der Waals surface area contributed by atoms with Crippen LogP contribution in [0.4, 0.5) is 0 Å². The Morgan fingerprint density at radius 1 is 1.10 bits per heavy atom. The van der Waals surface area contributed by atoms with E-state index in [1.165, 1.54) is 5.56 Å². The van der Waals surface area contributed by atoms with Crippen LogP contribution >= 0.6 is 0 Å². The Morgan fingerprint density at radius 2 is 1.76 bits per heavy atom. The molecule has 3 heteroatoms. The maximum Gasteiger partial charge on any atom is 0.160 e. The maximum atomic E-state index is 5.36. The summed E-state index contributed by atoms with van der Waals surface area (Å²) in [7, 11) is 3.35. The van der Waals surface area contributed by atoms with Crippen LogP contribution < -0.4 is 14.8 Å². The minimum absolute atomic E-state index is 0.294. The Labute approximate surface area is 130 Å². The number of rotatable bonds is 9. The SMILES string of the molecule is COc1ccc(CCC(C)(C)CNCC(C)C)cc1OC. The highest BCUT2D eigenvalue weighted by Gasteiger charge is 2.17. The van der Waals surface area contributed by atoms with Gasteiger partial charge in [0.2, 0.25) is 0 Å². The van der Waals surface area contributed by atoms with Crippen molar-refractivity contribution in [3.8, 4) is 11.5 Å². The number of hydrogen-bond donors (Lipinski definition) is 1. The highest BCUT2D eigenvalue weighted by Crippen LogP contribution is 2.29. The lowest BCUT2D eigenvalue weighted by Gasteiger charge is -2.26. The zero-order chi connectivity index (χ0) is 15.9. The molecule has 0 aliphatic carbocycles. The second kappa shape index (κ2) is 8.28. The van der Waals surface area contributed by atoms with Crippen LogP contribution in [0.3, 0.4) is 0 Å². The molecule has 0 aliphatic rings. The van der Waals surface area contributed by atoms with Crippen molar-refractivity contribution in [3.63, 3.8) is 0 Å². The molecule has 0 aromatic heterocycles. The maximum absolute atomic E-state index is 5.36. The van der Waals surface area contributed by atoms with E-state index in [-0.39, 0.29) is 0 Å². The second-order valence-corrected chi connectivity index (χ2v) is 6.88. The lowest BCUT2D eigenvalue weighted by molar-refractivity contribution is 0.308. The first-order valence-corrected chi connectivity index (χ1v) is 7.79. The molecule has 3 nitrogen and oxygen atoms in total. The van der Waals surface area contributed by atoms with E-state index in [0.29, 0.717) is 11.3 Å². The average Bonchev–Trinajstić information content (AvgIpc) is 2.44. The molecule has 0 radical (unpaired) electrons. The van der Waals surface area contributed by atoms with Gasteiger partial charge in [0.1, 0.15) is 0 Å². The van der Waals surface area contributed by atoms with Gasteiger partial charge in [-0.05, 0) is 48.4 Å². The number of ether oxygens (including phenoxy) is 2. The molecule has 0 fully saturated rings. The minimum Gasteiger partial charge on any atom is -0.493 e. The Hall–Kier alpha value is -1.22. The first-order valence-electron chi connectivity index (χ1n) is 7.79. The predicted molar refractivity (Wildman–Crippen MR) is 89.4 cm³/mol. The zero-order valence-electron chi connectivity index (χ0n) is 14.5. The van der Waals surface area contributed by atoms with Gasteiger partial charge >= 0.3 is 0 Å². The quantitative estimate of drug-likeness (QED) is 0.749. The summed E-state index contributed by atoms with van der Waals surface area (Å²) in [6.45, 7) is 11.3. The molecule has 0 spiro atoms. The lowest BCUT2D eigenvalue weighted by atomic mass is 9.86. The van der Waals surface area contributed by atoms with Crippen LogP contribution in [-0.4, -0.2) is 27.3 Å². The third-order valence-electron chi connectivity index (χ3n) is 3.69. The standard InChI is InChI=1S/C18H31NO2/c1-14(2)12-19-13-18(3,4)10-9-15-7-8-16(20-5)17(11-15)21-6/h7-8,11,14,19H,9-10,12-13H2,1-6H3. The van der Waals surface area contributed by atoms with Crippen molar-refractivity contribution in [3.05, 3.63) is 23.8 Å². The molecule has 0 amide bonds. The Morgan fingerprint density at radius 3 is 2.33 bits per heavy atom. The summed E-state index contributed by atoms with van der Waals surface area (Å²) in [6, 6.07) is 6.19. The van der Waals surface area contributed by atoms with E-state index in [2.05, 4.69) is 45.1 Å². The number of nitrogens with one attached hydrogen (secondary N) is 1. The fourth-order valence-electron chi connectivity index (χ4n) is 2.31. The van der Waals surface area contributed by atoms with Crippen molar-refractivity contribution in [2.75, 3.05) is 27.3 Å². The van der Waals surface area contributed by atoms with Gasteiger partial charge in [-0.25, -0.2) is 0 Å². The highest BCUT2D eigenvalue weighted by molar-refractivity contribution is 5.42. The van der Waals surface area contributed by atoms with Gasteiger partial charge in [-0.15, -0.1) is 0 Å². The molecule has 0 bridgehead atoms. The molecule has 0 saturated carbocycles. The van der Waals surface area contributed by atoms with Gasteiger partial charge in [-0.3, -0.25) is 0 Å². The van der Waals surface area contributed by atoms with E-state index in [1.807, 2.05) is 6.07 Å². The Balaban J connectivity index is 2.53. The van der Waals surface area contributed by atoms with Crippen molar-refractivity contribution in [2.24, 2.45) is 11.3 Å². The summed E-state index contributed by atoms with van der Waals surface area (Å²) in [5.74, 6) is 2.30. The summed E-state index contributed by atoms with van der Waals surface area (Å²) in [6.07, 6.45) is 2.20. The van der Waals surface area contributed by atoms with Gasteiger partial charge in [-0.1, -0.05) is 33.8 Å². The molecule has 0 unspecified atom stereocenters. The Bertz CT molecular complexity index is 427. The fraction of sp³-hybridized carbons (Fsp3) is 0.667. The van der Waals surface area contributed by atoms with Gasteiger partial charge in [-0.2, -0.15) is 0 Å². The molecule has 120 valence electrons.